The molecule has 2 bridgehead atoms. The predicted octanol–water partition coefficient (Wildman–Crippen LogP) is 4.74. The number of rotatable bonds is 16. The molecule has 3 aromatic rings. The van der Waals surface area contributed by atoms with E-state index in [1.807, 2.05) is 12.1 Å². The zero-order chi connectivity index (χ0) is 38.7. The molecule has 6 rings (SSSR count). The second-order valence-corrected chi connectivity index (χ2v) is 16.0. The summed E-state index contributed by atoms with van der Waals surface area (Å²) in [6.45, 7) is 33.7. The van der Waals surface area contributed by atoms with Gasteiger partial charge in [0.25, 0.3) is 0 Å². The highest BCUT2D eigenvalue weighted by Gasteiger charge is 2.55. The molecule has 306 valence electrons. The van der Waals surface area contributed by atoms with Crippen molar-refractivity contribution in [1.82, 2.24) is 0 Å². The van der Waals surface area contributed by atoms with Crippen LogP contribution in [0.3, 0.4) is 0 Å². The molecule has 0 spiro atoms. The Labute approximate surface area is 350 Å². The third kappa shape index (κ3) is 9.99. The molecule has 0 aromatic heterocycles. The van der Waals surface area contributed by atoms with Crippen LogP contribution >= 0.6 is 0 Å². The molecular formula is C46H74Br2N2O4. The summed E-state index contributed by atoms with van der Waals surface area (Å²) >= 11 is 0. The first kappa shape index (κ1) is 49.8. The second-order valence-electron chi connectivity index (χ2n) is 16.0. The Hall–Kier alpha value is -2.26. The van der Waals surface area contributed by atoms with E-state index >= 15 is 0 Å². The highest BCUT2D eigenvalue weighted by atomic mass is 79.9. The molecule has 3 aliphatic carbocycles. The van der Waals surface area contributed by atoms with Gasteiger partial charge in [0.2, 0.25) is 0 Å². The number of nitrogens with zero attached hydrogens (tertiary/aromatic N) is 2. The van der Waals surface area contributed by atoms with Gasteiger partial charge in [-0.1, -0.05) is 79.7 Å². The highest BCUT2D eigenvalue weighted by molar-refractivity contribution is 5.77. The normalized spacial score (nSPS) is 17.7. The Morgan fingerprint density at radius 3 is 0.722 bits per heavy atom. The van der Waals surface area contributed by atoms with E-state index in [2.05, 4.69) is 81.4 Å². The molecule has 0 saturated heterocycles. The molecule has 3 aromatic carbocycles. The summed E-state index contributed by atoms with van der Waals surface area (Å²) in [6.07, 6.45) is 10.7. The third-order valence-corrected chi connectivity index (χ3v) is 12.0. The second kappa shape index (κ2) is 21.9. The Kier molecular flexibility index (Phi) is 20.2. The monoisotopic (exact) mass is 876 g/mol. The molecule has 0 fully saturated rings. The fourth-order valence-electron chi connectivity index (χ4n) is 10.2. The van der Waals surface area contributed by atoms with Crippen LogP contribution in [0.15, 0.2) is 48.5 Å². The summed E-state index contributed by atoms with van der Waals surface area (Å²) in [5.74, 6) is -0.655. The van der Waals surface area contributed by atoms with E-state index < -0.39 is 10.8 Å². The summed E-state index contributed by atoms with van der Waals surface area (Å²) in [7, 11) is 0. The average Bonchev–Trinajstić information content (AvgIpc) is 3.10. The third-order valence-electron chi connectivity index (χ3n) is 12.0. The van der Waals surface area contributed by atoms with Crippen LogP contribution in [0.2, 0.25) is 0 Å². The largest absolute Gasteiger partial charge is 1.00 e. The molecule has 8 heteroatoms. The van der Waals surface area contributed by atoms with Gasteiger partial charge in [-0.2, -0.15) is 0 Å². The van der Waals surface area contributed by atoms with Crippen molar-refractivity contribution in [3.05, 3.63) is 81.9 Å². The van der Waals surface area contributed by atoms with Gasteiger partial charge in [0.05, 0.1) is 52.4 Å². The van der Waals surface area contributed by atoms with Crippen LogP contribution in [-0.4, -0.2) is 81.8 Å². The van der Waals surface area contributed by atoms with Crippen LogP contribution < -0.4 is 34.0 Å². The van der Waals surface area contributed by atoms with Gasteiger partial charge in [0, 0.05) is 10.8 Å². The maximum Gasteiger partial charge on any atom is 0.157 e. The van der Waals surface area contributed by atoms with Gasteiger partial charge >= 0.3 is 0 Å². The first-order valence-corrected chi connectivity index (χ1v) is 20.7. The number of aromatic hydroxyl groups is 4. The van der Waals surface area contributed by atoms with Crippen LogP contribution in [0.25, 0.3) is 0 Å². The summed E-state index contributed by atoms with van der Waals surface area (Å²) < 4.78 is 2.75. The topological polar surface area (TPSA) is 80.9 Å². The zero-order valence-electron chi connectivity index (χ0n) is 35.4. The minimum Gasteiger partial charge on any atom is -1.00 e. The van der Waals surface area contributed by atoms with Crippen LogP contribution in [0, 0.1) is 0 Å². The molecule has 0 unspecified atom stereocenters. The zero-order valence-corrected chi connectivity index (χ0v) is 38.5. The van der Waals surface area contributed by atoms with E-state index in [1.54, 1.807) is 24.3 Å². The van der Waals surface area contributed by atoms with Crippen molar-refractivity contribution in [2.24, 2.45) is 0 Å². The molecule has 3 aliphatic rings. The van der Waals surface area contributed by atoms with Gasteiger partial charge in [-0.05, 0) is 123 Å². The van der Waals surface area contributed by atoms with Crippen LogP contribution in [0.5, 0.6) is 23.0 Å². The first-order valence-electron chi connectivity index (χ1n) is 20.7. The van der Waals surface area contributed by atoms with Gasteiger partial charge in [-0.25, -0.2) is 0 Å². The van der Waals surface area contributed by atoms with Crippen molar-refractivity contribution in [1.29, 1.82) is 0 Å². The van der Waals surface area contributed by atoms with Crippen LogP contribution in [-0.2, 0) is 10.8 Å². The molecule has 0 amide bonds. The van der Waals surface area contributed by atoms with E-state index in [9.17, 15) is 20.4 Å². The number of benzene rings is 3. The fraction of sp³-hybridized carbons (Fsp3) is 0.609. The van der Waals surface area contributed by atoms with Crippen LogP contribution in [0.1, 0.15) is 154 Å². The lowest BCUT2D eigenvalue weighted by molar-refractivity contribution is -0.928. The molecule has 0 radical (unpaired) electrons. The summed E-state index contributed by atoms with van der Waals surface area (Å²) in [4.78, 5) is 0. The van der Waals surface area contributed by atoms with Gasteiger partial charge < -0.3 is 63.4 Å². The molecule has 54 heavy (non-hydrogen) atoms. The maximum absolute atomic E-state index is 10.2. The molecule has 0 aliphatic heterocycles. The minimum atomic E-state index is -0.616. The molecule has 4 N–H and O–H groups in total. The van der Waals surface area contributed by atoms with Crippen molar-refractivity contribution in [3.63, 3.8) is 0 Å². The van der Waals surface area contributed by atoms with Gasteiger partial charge in [0.15, 0.2) is 23.0 Å². The lowest BCUT2D eigenvalue weighted by Crippen LogP contribution is -3.00. The van der Waals surface area contributed by atoms with Crippen molar-refractivity contribution in [3.8, 4) is 23.0 Å². The van der Waals surface area contributed by atoms with Crippen molar-refractivity contribution in [2.75, 3.05) is 52.4 Å². The highest BCUT2D eigenvalue weighted by Crippen LogP contribution is 2.63. The lowest BCUT2D eigenvalue weighted by atomic mass is 9.48. The Balaban J connectivity index is 0.000000447. The Morgan fingerprint density at radius 1 is 0.370 bits per heavy atom. The van der Waals surface area contributed by atoms with Crippen molar-refractivity contribution >= 4 is 0 Å². The molecule has 6 nitrogen and oxygen atoms in total. The summed E-state index contributed by atoms with van der Waals surface area (Å²) in [5.41, 5.74) is 4.54. The number of hydrogen-bond donors (Lipinski definition) is 4. The predicted molar refractivity (Wildman–Crippen MR) is 219 cm³/mol. The number of phenolic OH excluding ortho intramolecular Hbond substituents is 4. The van der Waals surface area contributed by atoms with Gasteiger partial charge in [-0.15, -0.1) is 0 Å². The fourth-order valence-corrected chi connectivity index (χ4v) is 10.2. The summed E-state index contributed by atoms with van der Waals surface area (Å²) in [5, 5.41) is 40.6. The van der Waals surface area contributed by atoms with Gasteiger partial charge in [0.1, 0.15) is 0 Å². The van der Waals surface area contributed by atoms with E-state index in [1.165, 1.54) is 113 Å². The van der Waals surface area contributed by atoms with Crippen molar-refractivity contribution < 1.29 is 63.4 Å². The van der Waals surface area contributed by atoms with Crippen LogP contribution in [0.4, 0.5) is 0 Å². The SMILES string of the molecule is CC12c3ccccc3C(C)(c3cc(O)c(O)cc31)c1cc(O)c(O)cc12.CCC[N+](CCC)(CCC)CCC.CCC[N+](CCC)(CCC)CCC.[Br-].[Br-]. The average molecular weight is 879 g/mol. The first-order chi connectivity index (χ1) is 24.8. The quantitative estimate of drug-likeness (QED) is 0.124. The van der Waals surface area contributed by atoms with Gasteiger partial charge in [-0.3, -0.25) is 0 Å². The molecule has 0 heterocycles. The Morgan fingerprint density at radius 2 is 0.556 bits per heavy atom. The standard InChI is InChI=1S/C22H18O4.2C12H28N.2BrH/c1-21-11-5-3-4-6-12(11)22(2,15-9-19(25)17(23)7-13(15)21)16-10-20(26)18(24)8-14(16)21;2*1-5-9-13(10-6-2,11-7-3)12-8-4;;/h3-10,23-26H,1-2H3;2*5-12H2,1-4H3;2*1H/q;2*+1;;/p-2. The number of hydrogen-bond acceptors (Lipinski definition) is 4. The minimum absolute atomic E-state index is 0. The molecule has 0 saturated carbocycles. The lowest BCUT2D eigenvalue weighted by Gasteiger charge is -2.54. The number of quaternary nitrogens is 2. The number of phenols is 4. The van der Waals surface area contributed by atoms with E-state index in [0.717, 1.165) is 33.4 Å². The molecular weight excluding hydrogens is 804 g/mol. The Bertz CT molecular complexity index is 1360. The number of halogens is 2. The molecule has 0 atom stereocenters. The van der Waals surface area contributed by atoms with E-state index in [-0.39, 0.29) is 57.0 Å². The smallest absolute Gasteiger partial charge is 0.157 e. The van der Waals surface area contributed by atoms with E-state index in [0.29, 0.717) is 0 Å². The maximum atomic E-state index is 10.2. The van der Waals surface area contributed by atoms with Crippen molar-refractivity contribution in [2.45, 2.75) is 131 Å². The summed E-state index contributed by atoms with van der Waals surface area (Å²) in [6, 6.07) is 14.6. The van der Waals surface area contributed by atoms with E-state index in [4.69, 9.17) is 0 Å².